The van der Waals surface area contributed by atoms with Crippen LogP contribution in [-0.2, 0) is 17.6 Å². The number of rotatable bonds is 6. The molecular weight excluding hydrogens is 350 g/mol. The molecule has 0 radical (unpaired) electrons. The number of hydrogen-bond donors (Lipinski definition) is 1. The molecule has 2 nitrogen and oxygen atoms in total. The molecule has 0 aliphatic heterocycles. The summed E-state index contributed by atoms with van der Waals surface area (Å²) in [7, 11) is 0. The average molecular weight is 374 g/mol. The predicted molar refractivity (Wildman–Crippen MR) is 114 cm³/mol. The van der Waals surface area contributed by atoms with Crippen LogP contribution in [0.25, 0.3) is 0 Å². The molecule has 0 spiro atoms. The summed E-state index contributed by atoms with van der Waals surface area (Å²) in [5, 5.41) is 3.22. The van der Waals surface area contributed by atoms with Crippen molar-refractivity contribution in [3.63, 3.8) is 0 Å². The highest BCUT2D eigenvalue weighted by Crippen LogP contribution is 2.35. The number of thioether (sulfide) groups is 1. The van der Waals surface area contributed by atoms with Crippen LogP contribution in [0.3, 0.4) is 0 Å². The van der Waals surface area contributed by atoms with Gasteiger partial charge in [0.25, 0.3) is 0 Å². The third-order valence-corrected chi connectivity index (χ3v) is 6.27. The summed E-state index contributed by atoms with van der Waals surface area (Å²) in [6, 6.07) is 27.1. The molecule has 1 amide bonds. The highest BCUT2D eigenvalue weighted by molar-refractivity contribution is 8.00. The fraction of sp³-hybridized carbons (Fsp3) is 0.208. The van der Waals surface area contributed by atoms with Gasteiger partial charge in [0.2, 0.25) is 5.91 Å². The molecule has 0 atom stereocenters. The Kier molecular flexibility index (Phi) is 5.59. The molecule has 3 heteroatoms. The summed E-state index contributed by atoms with van der Waals surface area (Å²) in [5.74, 6) is 0.473. The van der Waals surface area contributed by atoms with Crippen molar-refractivity contribution in [1.29, 1.82) is 0 Å². The summed E-state index contributed by atoms with van der Waals surface area (Å²) >= 11 is 1.67. The topological polar surface area (TPSA) is 29.1 Å². The van der Waals surface area contributed by atoms with Crippen LogP contribution in [0.2, 0.25) is 0 Å². The van der Waals surface area contributed by atoms with E-state index in [1.54, 1.807) is 11.8 Å². The maximum absolute atomic E-state index is 12.5. The SMILES string of the molecule is O=C(CSC(c1ccccc1)c1ccccc1)Nc1ccc2c(c1)CCC2. The van der Waals surface area contributed by atoms with Crippen molar-refractivity contribution >= 4 is 23.4 Å². The van der Waals surface area contributed by atoms with Crippen molar-refractivity contribution in [2.45, 2.75) is 24.5 Å². The highest BCUT2D eigenvalue weighted by atomic mass is 32.2. The molecule has 1 aliphatic carbocycles. The van der Waals surface area contributed by atoms with E-state index in [4.69, 9.17) is 0 Å². The van der Waals surface area contributed by atoms with Gasteiger partial charge in [0, 0.05) is 5.69 Å². The minimum atomic E-state index is 0.0507. The number of nitrogens with one attached hydrogen (secondary N) is 1. The Morgan fingerprint density at radius 3 is 2.15 bits per heavy atom. The zero-order valence-corrected chi connectivity index (χ0v) is 16.0. The lowest BCUT2D eigenvalue weighted by Crippen LogP contribution is -2.15. The van der Waals surface area contributed by atoms with E-state index < -0.39 is 0 Å². The molecule has 27 heavy (non-hydrogen) atoms. The Morgan fingerprint density at radius 1 is 0.852 bits per heavy atom. The maximum atomic E-state index is 12.5. The summed E-state index contributed by atoms with van der Waals surface area (Å²) in [6.07, 6.45) is 3.51. The highest BCUT2D eigenvalue weighted by Gasteiger charge is 2.17. The van der Waals surface area contributed by atoms with E-state index in [9.17, 15) is 4.79 Å². The Bertz CT molecular complexity index is 869. The lowest BCUT2D eigenvalue weighted by atomic mass is 10.0. The Balaban J connectivity index is 1.44. The van der Waals surface area contributed by atoms with Gasteiger partial charge in [-0.05, 0) is 53.6 Å². The number of benzene rings is 3. The van der Waals surface area contributed by atoms with E-state index in [0.29, 0.717) is 5.75 Å². The van der Waals surface area contributed by atoms with Crippen molar-refractivity contribution in [3.8, 4) is 0 Å². The second-order valence-electron chi connectivity index (χ2n) is 6.90. The van der Waals surface area contributed by atoms with Gasteiger partial charge in [0.05, 0.1) is 11.0 Å². The third kappa shape index (κ3) is 4.42. The number of hydrogen-bond acceptors (Lipinski definition) is 2. The largest absolute Gasteiger partial charge is 0.325 e. The van der Waals surface area contributed by atoms with Gasteiger partial charge in [-0.2, -0.15) is 0 Å². The zero-order valence-electron chi connectivity index (χ0n) is 15.2. The lowest BCUT2D eigenvalue weighted by molar-refractivity contribution is -0.113. The van der Waals surface area contributed by atoms with Crippen LogP contribution in [0, 0.1) is 0 Å². The van der Waals surface area contributed by atoms with E-state index in [0.717, 1.165) is 18.5 Å². The van der Waals surface area contributed by atoms with E-state index in [1.807, 2.05) is 18.2 Å². The van der Waals surface area contributed by atoms with Gasteiger partial charge in [-0.25, -0.2) is 0 Å². The standard InChI is InChI=1S/C24H23NOS/c26-23(25-22-15-14-18-12-7-13-21(18)16-22)17-27-24(19-8-3-1-4-9-19)20-10-5-2-6-11-20/h1-6,8-11,14-16,24H,7,12-13,17H2,(H,25,26). The van der Waals surface area contributed by atoms with Gasteiger partial charge in [-0.3, -0.25) is 4.79 Å². The lowest BCUT2D eigenvalue weighted by Gasteiger charge is -2.17. The summed E-state index contributed by atoms with van der Waals surface area (Å²) in [5.41, 5.74) is 6.16. The van der Waals surface area contributed by atoms with Crippen molar-refractivity contribution in [1.82, 2.24) is 0 Å². The molecule has 3 aromatic rings. The average Bonchev–Trinajstić information content (AvgIpc) is 3.18. The van der Waals surface area contributed by atoms with Crippen LogP contribution in [0.4, 0.5) is 5.69 Å². The molecule has 136 valence electrons. The number of fused-ring (bicyclic) bond motifs is 1. The minimum absolute atomic E-state index is 0.0507. The van der Waals surface area contributed by atoms with Crippen LogP contribution >= 0.6 is 11.8 Å². The molecule has 1 aliphatic rings. The first-order valence-corrected chi connectivity index (χ1v) is 10.5. The molecule has 0 saturated heterocycles. The maximum Gasteiger partial charge on any atom is 0.234 e. The molecule has 0 fully saturated rings. The number of carbonyl (C=O) groups is 1. The molecule has 0 bridgehead atoms. The molecular formula is C24H23NOS. The van der Waals surface area contributed by atoms with Gasteiger partial charge in [-0.1, -0.05) is 66.7 Å². The number of carbonyl (C=O) groups excluding carboxylic acids is 1. The Morgan fingerprint density at radius 2 is 1.48 bits per heavy atom. The second-order valence-corrected chi connectivity index (χ2v) is 7.99. The smallest absolute Gasteiger partial charge is 0.234 e. The first-order chi connectivity index (χ1) is 13.3. The molecule has 1 N–H and O–H groups in total. The van der Waals surface area contributed by atoms with E-state index in [1.165, 1.54) is 28.7 Å². The van der Waals surface area contributed by atoms with Crippen molar-refractivity contribution in [2.24, 2.45) is 0 Å². The van der Waals surface area contributed by atoms with Crippen LogP contribution in [0.15, 0.2) is 78.9 Å². The van der Waals surface area contributed by atoms with Crippen molar-refractivity contribution < 1.29 is 4.79 Å². The van der Waals surface area contributed by atoms with Gasteiger partial charge in [0.15, 0.2) is 0 Å². The van der Waals surface area contributed by atoms with Gasteiger partial charge >= 0.3 is 0 Å². The van der Waals surface area contributed by atoms with Crippen LogP contribution in [0.5, 0.6) is 0 Å². The first kappa shape index (κ1) is 17.9. The fourth-order valence-electron chi connectivity index (χ4n) is 3.65. The van der Waals surface area contributed by atoms with Crippen LogP contribution in [-0.4, -0.2) is 11.7 Å². The number of anilines is 1. The Labute approximate surface area is 165 Å². The normalized spacial score (nSPS) is 12.8. The molecule has 4 rings (SSSR count). The Hall–Kier alpha value is -2.52. The van der Waals surface area contributed by atoms with Crippen molar-refractivity contribution in [2.75, 3.05) is 11.1 Å². The quantitative estimate of drug-likeness (QED) is 0.606. The monoisotopic (exact) mass is 373 g/mol. The van der Waals surface area contributed by atoms with Gasteiger partial charge < -0.3 is 5.32 Å². The van der Waals surface area contributed by atoms with Crippen LogP contribution < -0.4 is 5.32 Å². The molecule has 0 saturated carbocycles. The van der Waals surface area contributed by atoms with Gasteiger partial charge in [0.1, 0.15) is 0 Å². The fourth-order valence-corrected chi connectivity index (χ4v) is 4.74. The second kappa shape index (κ2) is 8.45. The number of amides is 1. The van der Waals surface area contributed by atoms with E-state index >= 15 is 0 Å². The van der Waals surface area contributed by atoms with E-state index in [2.05, 4.69) is 66.0 Å². The minimum Gasteiger partial charge on any atom is -0.325 e. The van der Waals surface area contributed by atoms with Crippen molar-refractivity contribution in [3.05, 3.63) is 101 Å². The molecule has 0 heterocycles. The predicted octanol–water partition coefficient (Wildman–Crippen LogP) is 5.64. The van der Waals surface area contributed by atoms with Gasteiger partial charge in [-0.15, -0.1) is 11.8 Å². The zero-order chi connectivity index (χ0) is 18.5. The summed E-state index contributed by atoms with van der Waals surface area (Å²) < 4.78 is 0. The molecule has 0 aromatic heterocycles. The summed E-state index contributed by atoms with van der Waals surface area (Å²) in [6.45, 7) is 0. The third-order valence-electron chi connectivity index (χ3n) is 4.97. The molecule has 0 unspecified atom stereocenters. The number of aryl methyl sites for hydroxylation is 2. The van der Waals surface area contributed by atoms with Crippen LogP contribution in [0.1, 0.15) is 33.9 Å². The summed E-state index contributed by atoms with van der Waals surface area (Å²) in [4.78, 5) is 12.5. The first-order valence-electron chi connectivity index (χ1n) is 9.43. The van der Waals surface area contributed by atoms with E-state index in [-0.39, 0.29) is 11.2 Å². The molecule has 3 aromatic carbocycles.